The molecule has 0 aliphatic carbocycles. The fourth-order valence-corrected chi connectivity index (χ4v) is 6.63. The third kappa shape index (κ3) is 5.10. The van der Waals surface area contributed by atoms with Gasteiger partial charge in [0, 0.05) is 0 Å². The molecule has 182 valence electrons. The van der Waals surface area contributed by atoms with Gasteiger partial charge in [0.15, 0.2) is 0 Å². The van der Waals surface area contributed by atoms with E-state index in [0.29, 0.717) is 16.2 Å². The summed E-state index contributed by atoms with van der Waals surface area (Å²) in [7, 11) is 0. The Bertz CT molecular complexity index is 1410. The summed E-state index contributed by atoms with van der Waals surface area (Å²) in [5.41, 5.74) is -1.70. The maximum absolute atomic E-state index is 14.1. The summed E-state index contributed by atoms with van der Waals surface area (Å²) < 4.78 is 84.7. The summed E-state index contributed by atoms with van der Waals surface area (Å²) in [5, 5.41) is 1.84. The van der Waals surface area contributed by atoms with E-state index in [9.17, 15) is 26.3 Å². The van der Waals surface area contributed by atoms with E-state index in [0.717, 1.165) is 28.5 Å². The van der Waals surface area contributed by atoms with Crippen LogP contribution in [0.2, 0.25) is 17.3 Å². The second kappa shape index (κ2) is 8.69. The van der Waals surface area contributed by atoms with E-state index in [1.807, 2.05) is 48.5 Å². The fraction of sp³-hybridized carbons (Fsp3) is 0.222. The average molecular weight is 548 g/mol. The second-order valence-corrected chi connectivity index (χ2v) is 20.3. The number of hydrogen-bond acceptors (Lipinski definition) is 1. The van der Waals surface area contributed by atoms with Crippen LogP contribution in [0.4, 0.5) is 26.3 Å². The van der Waals surface area contributed by atoms with Crippen LogP contribution < -0.4 is 4.40 Å². The van der Waals surface area contributed by atoms with E-state index in [2.05, 4.69) is 4.98 Å². The van der Waals surface area contributed by atoms with Crippen molar-refractivity contribution in [1.29, 1.82) is 0 Å². The Kier molecular flexibility index (Phi) is 6.28. The van der Waals surface area contributed by atoms with Crippen LogP contribution in [0.1, 0.15) is 16.7 Å². The molecule has 0 radical (unpaired) electrons. The van der Waals surface area contributed by atoms with Gasteiger partial charge in [-0.3, -0.25) is 0 Å². The van der Waals surface area contributed by atoms with Gasteiger partial charge in [-0.1, -0.05) is 6.07 Å². The van der Waals surface area contributed by atoms with Crippen molar-refractivity contribution in [3.63, 3.8) is 0 Å². The average Bonchev–Trinajstić information content (AvgIpc) is 2.76. The normalized spacial score (nSPS) is 12.9. The minimum atomic E-state index is -4.87. The second-order valence-electron chi connectivity index (χ2n) is 9.64. The predicted molar refractivity (Wildman–Crippen MR) is 130 cm³/mol. The number of fused-ring (bicyclic) bond motifs is 1. The van der Waals surface area contributed by atoms with Crippen molar-refractivity contribution >= 4 is 28.4 Å². The quantitative estimate of drug-likeness (QED) is 0.185. The van der Waals surface area contributed by atoms with Crippen molar-refractivity contribution < 1.29 is 26.3 Å². The molecule has 0 spiro atoms. The molecule has 3 aromatic carbocycles. The van der Waals surface area contributed by atoms with Crippen LogP contribution in [0.3, 0.4) is 0 Å². The predicted octanol–water partition coefficient (Wildman–Crippen LogP) is 8.46. The molecule has 0 unspecified atom stereocenters. The zero-order valence-electron chi connectivity index (χ0n) is 19.6. The van der Waals surface area contributed by atoms with Gasteiger partial charge in [-0.05, 0) is 0 Å². The van der Waals surface area contributed by atoms with Crippen molar-refractivity contribution in [2.75, 3.05) is 0 Å². The van der Waals surface area contributed by atoms with Crippen molar-refractivity contribution in [2.45, 2.75) is 36.5 Å². The van der Waals surface area contributed by atoms with Crippen LogP contribution in [0.15, 0.2) is 66.9 Å². The first kappa shape index (κ1) is 25.3. The van der Waals surface area contributed by atoms with Gasteiger partial charge < -0.3 is 0 Å². The van der Waals surface area contributed by atoms with E-state index < -0.39 is 47.9 Å². The number of aromatic nitrogens is 1. The van der Waals surface area contributed by atoms with E-state index in [-0.39, 0.29) is 5.69 Å². The third-order valence-corrected chi connectivity index (χ3v) is 10.3. The van der Waals surface area contributed by atoms with E-state index >= 15 is 0 Å². The number of benzene rings is 3. The molecule has 0 N–H and O–H groups in total. The van der Waals surface area contributed by atoms with Gasteiger partial charge >= 0.3 is 196 Å². The molecule has 0 bridgehead atoms. The zero-order chi connectivity index (χ0) is 25.8. The molecule has 1 aromatic heterocycles. The van der Waals surface area contributed by atoms with Gasteiger partial charge in [0.05, 0.1) is 0 Å². The molecular formula is C27H23F6GeN. The standard InChI is InChI=1S/C27H23F6GeN/c1-16-11-18(12-17-7-5-6-8-20(16)17)25-14-22(24(15-35-25)27(31,32)33)21-10-9-19(34(2,3)4)13-23(21)26(28,29)30/h5-15H,1-4H3. The van der Waals surface area contributed by atoms with Crippen LogP contribution in [0.25, 0.3) is 33.2 Å². The molecule has 0 atom stereocenters. The van der Waals surface area contributed by atoms with Crippen LogP contribution >= 0.6 is 0 Å². The van der Waals surface area contributed by atoms with Crippen molar-refractivity contribution in [1.82, 2.24) is 4.98 Å². The first-order valence-electron chi connectivity index (χ1n) is 11.0. The molecule has 4 rings (SSSR count). The summed E-state index contributed by atoms with van der Waals surface area (Å²) in [4.78, 5) is 4.01. The van der Waals surface area contributed by atoms with Crippen LogP contribution in [-0.4, -0.2) is 18.3 Å². The topological polar surface area (TPSA) is 12.9 Å². The third-order valence-electron chi connectivity index (χ3n) is 6.05. The number of pyridine rings is 1. The summed E-state index contributed by atoms with van der Waals surface area (Å²) in [6.45, 7) is 1.87. The Morgan fingerprint density at radius 1 is 0.714 bits per heavy atom. The Morgan fingerprint density at radius 3 is 2.00 bits per heavy atom. The molecule has 0 amide bonds. The van der Waals surface area contributed by atoms with Gasteiger partial charge in [0.1, 0.15) is 0 Å². The molecule has 0 aliphatic heterocycles. The summed E-state index contributed by atoms with van der Waals surface area (Å²) in [5.74, 6) is 5.80. The number of alkyl halides is 6. The fourth-order valence-electron chi connectivity index (χ4n) is 4.19. The van der Waals surface area contributed by atoms with Crippen molar-refractivity contribution in [3.05, 3.63) is 83.6 Å². The monoisotopic (exact) mass is 549 g/mol. The van der Waals surface area contributed by atoms with Crippen LogP contribution in [0.5, 0.6) is 0 Å². The number of aryl methyl sites for hydroxylation is 1. The molecule has 1 heterocycles. The molecule has 8 heteroatoms. The SMILES string of the molecule is Cc1cc(-c2cc(-c3cc[c]([Ge]([CH3])([CH3])[CH3])cc3C(F)(F)F)c(C(F)(F)F)cn2)cc2ccccc12. The first-order valence-corrected chi connectivity index (χ1v) is 18.3. The van der Waals surface area contributed by atoms with Gasteiger partial charge in [-0.15, -0.1) is 0 Å². The van der Waals surface area contributed by atoms with Gasteiger partial charge in [0.25, 0.3) is 0 Å². The molecule has 1 nitrogen and oxygen atoms in total. The summed E-state index contributed by atoms with van der Waals surface area (Å²) in [6, 6.07) is 15.9. The Morgan fingerprint density at radius 2 is 1.37 bits per heavy atom. The Balaban J connectivity index is 2.00. The number of rotatable bonds is 3. The molecule has 4 aromatic rings. The molecule has 0 saturated carbocycles. The Labute approximate surface area is 202 Å². The van der Waals surface area contributed by atoms with Gasteiger partial charge in [0.2, 0.25) is 0 Å². The maximum atomic E-state index is 14.1. The molecule has 0 aliphatic rings. The zero-order valence-corrected chi connectivity index (χ0v) is 21.7. The summed E-state index contributed by atoms with van der Waals surface area (Å²) >= 11 is -2.69. The van der Waals surface area contributed by atoms with Crippen LogP contribution in [0, 0.1) is 6.92 Å². The number of nitrogens with zero attached hydrogens (tertiary/aromatic N) is 1. The van der Waals surface area contributed by atoms with E-state index in [4.69, 9.17) is 0 Å². The summed E-state index contributed by atoms with van der Waals surface area (Å²) in [6.07, 6.45) is -9.06. The molecule has 0 saturated heterocycles. The van der Waals surface area contributed by atoms with E-state index in [1.54, 1.807) is 12.1 Å². The van der Waals surface area contributed by atoms with Gasteiger partial charge in [-0.2, -0.15) is 0 Å². The van der Waals surface area contributed by atoms with E-state index in [1.165, 1.54) is 12.1 Å². The molecule has 0 fully saturated rings. The number of halogens is 6. The van der Waals surface area contributed by atoms with Crippen molar-refractivity contribution in [3.8, 4) is 22.4 Å². The number of hydrogen-bond donors (Lipinski definition) is 0. The first-order chi connectivity index (χ1) is 16.2. The van der Waals surface area contributed by atoms with Gasteiger partial charge in [-0.25, -0.2) is 0 Å². The minimum absolute atomic E-state index is 0.174. The van der Waals surface area contributed by atoms with Crippen molar-refractivity contribution in [2.24, 2.45) is 0 Å². The molecule has 35 heavy (non-hydrogen) atoms. The Hall–Kier alpha value is -2.81. The molecular weight excluding hydrogens is 525 g/mol. The van der Waals surface area contributed by atoms with Crippen LogP contribution in [-0.2, 0) is 12.4 Å².